The van der Waals surface area contributed by atoms with Gasteiger partial charge in [-0.05, 0) is 26.0 Å². The van der Waals surface area contributed by atoms with Crippen LogP contribution in [0, 0.1) is 6.92 Å². The molecule has 19 heavy (non-hydrogen) atoms. The number of benzene rings is 1. The van der Waals surface area contributed by atoms with Crippen molar-refractivity contribution in [3.63, 3.8) is 0 Å². The monoisotopic (exact) mass is 275 g/mol. The molecule has 1 amide bonds. The van der Waals surface area contributed by atoms with Crippen LogP contribution >= 0.6 is 11.3 Å². The summed E-state index contributed by atoms with van der Waals surface area (Å²) < 4.78 is 0. The van der Waals surface area contributed by atoms with Gasteiger partial charge in [-0.1, -0.05) is 17.7 Å². The van der Waals surface area contributed by atoms with Crippen LogP contribution in [0.2, 0.25) is 0 Å². The van der Waals surface area contributed by atoms with Gasteiger partial charge in [-0.15, -0.1) is 11.3 Å². The van der Waals surface area contributed by atoms with E-state index >= 15 is 0 Å². The minimum absolute atomic E-state index is 0.0645. The lowest BCUT2D eigenvalue weighted by atomic mass is 10.2. The molecular weight excluding hydrogens is 258 g/mol. The van der Waals surface area contributed by atoms with Gasteiger partial charge < -0.3 is 11.1 Å². The summed E-state index contributed by atoms with van der Waals surface area (Å²) in [6.07, 6.45) is 0.275. The van der Waals surface area contributed by atoms with Gasteiger partial charge in [-0.2, -0.15) is 0 Å². The molecule has 0 aliphatic carbocycles. The normalized spacial score (nSPS) is 12.2. The molecule has 1 aromatic carbocycles. The summed E-state index contributed by atoms with van der Waals surface area (Å²) in [5.41, 5.74) is 8.48. The Labute approximate surface area is 116 Å². The maximum Gasteiger partial charge on any atom is 0.230 e. The molecule has 0 spiro atoms. The number of nitrogens with one attached hydrogen (secondary N) is 1. The molecule has 0 saturated heterocycles. The third-order valence-corrected chi connectivity index (χ3v) is 3.73. The van der Waals surface area contributed by atoms with Gasteiger partial charge in [0.15, 0.2) is 0 Å². The molecule has 0 bridgehead atoms. The van der Waals surface area contributed by atoms with E-state index in [2.05, 4.69) is 10.3 Å². The number of anilines is 1. The maximum absolute atomic E-state index is 11.9. The SMILES string of the molecule is Cc1ccc(NC(=O)Cc2csc(C(C)N)n2)cc1. The first kappa shape index (κ1) is 13.7. The van der Waals surface area contributed by atoms with Crippen LogP contribution in [0.25, 0.3) is 0 Å². The average Bonchev–Trinajstić information content (AvgIpc) is 2.80. The topological polar surface area (TPSA) is 68.0 Å². The van der Waals surface area contributed by atoms with E-state index in [0.717, 1.165) is 16.4 Å². The van der Waals surface area contributed by atoms with Crippen LogP contribution in [0.1, 0.15) is 29.2 Å². The van der Waals surface area contributed by atoms with E-state index in [4.69, 9.17) is 5.73 Å². The summed E-state index contributed by atoms with van der Waals surface area (Å²) in [5, 5.41) is 5.59. The van der Waals surface area contributed by atoms with Crippen molar-refractivity contribution in [1.29, 1.82) is 0 Å². The molecule has 1 heterocycles. The second kappa shape index (κ2) is 5.95. The van der Waals surface area contributed by atoms with Crippen LogP contribution in [0.15, 0.2) is 29.6 Å². The number of rotatable bonds is 4. The lowest BCUT2D eigenvalue weighted by molar-refractivity contribution is -0.115. The average molecular weight is 275 g/mol. The highest BCUT2D eigenvalue weighted by Crippen LogP contribution is 2.16. The Kier molecular flexibility index (Phi) is 4.29. The van der Waals surface area contributed by atoms with Gasteiger partial charge in [-0.3, -0.25) is 4.79 Å². The van der Waals surface area contributed by atoms with Crippen molar-refractivity contribution < 1.29 is 4.79 Å². The molecule has 100 valence electrons. The molecular formula is C14H17N3OS. The predicted molar refractivity (Wildman–Crippen MR) is 78.2 cm³/mol. The summed E-state index contributed by atoms with van der Waals surface area (Å²) in [6.45, 7) is 3.89. The number of nitrogens with zero attached hydrogens (tertiary/aromatic N) is 1. The summed E-state index contributed by atoms with van der Waals surface area (Å²) in [5.74, 6) is -0.0645. The van der Waals surface area contributed by atoms with Crippen LogP contribution in [0.3, 0.4) is 0 Å². The number of nitrogens with two attached hydrogens (primary N) is 1. The Morgan fingerprint density at radius 1 is 1.42 bits per heavy atom. The molecule has 1 aromatic heterocycles. The van der Waals surface area contributed by atoms with E-state index < -0.39 is 0 Å². The molecule has 3 N–H and O–H groups in total. The standard InChI is InChI=1S/C14H17N3OS/c1-9-3-5-11(6-4-9)16-13(18)7-12-8-19-14(17-12)10(2)15/h3-6,8,10H,7,15H2,1-2H3,(H,16,18). The van der Waals surface area contributed by atoms with Gasteiger partial charge in [0.1, 0.15) is 5.01 Å². The van der Waals surface area contributed by atoms with Gasteiger partial charge in [-0.25, -0.2) is 4.98 Å². The first-order valence-electron chi connectivity index (χ1n) is 6.11. The van der Waals surface area contributed by atoms with Crippen molar-refractivity contribution in [3.8, 4) is 0 Å². The van der Waals surface area contributed by atoms with E-state index in [1.807, 2.05) is 43.5 Å². The van der Waals surface area contributed by atoms with Crippen molar-refractivity contribution in [1.82, 2.24) is 4.98 Å². The predicted octanol–water partition coefficient (Wildman–Crippen LogP) is 2.65. The Balaban J connectivity index is 1.95. The molecule has 5 heteroatoms. The number of hydrogen-bond acceptors (Lipinski definition) is 4. The van der Waals surface area contributed by atoms with E-state index in [-0.39, 0.29) is 18.4 Å². The first-order valence-corrected chi connectivity index (χ1v) is 6.99. The van der Waals surface area contributed by atoms with Crippen LogP contribution < -0.4 is 11.1 Å². The molecule has 2 aromatic rings. The third-order valence-electron chi connectivity index (χ3n) is 2.64. The van der Waals surface area contributed by atoms with Gasteiger partial charge in [0.05, 0.1) is 18.2 Å². The highest BCUT2D eigenvalue weighted by atomic mass is 32.1. The van der Waals surface area contributed by atoms with Crippen molar-refractivity contribution in [2.75, 3.05) is 5.32 Å². The molecule has 1 atom stereocenters. The van der Waals surface area contributed by atoms with Crippen molar-refractivity contribution >= 4 is 22.9 Å². The van der Waals surface area contributed by atoms with Crippen molar-refractivity contribution in [2.24, 2.45) is 5.73 Å². The molecule has 0 aliphatic rings. The van der Waals surface area contributed by atoms with Gasteiger partial charge in [0.25, 0.3) is 0 Å². The fourth-order valence-corrected chi connectivity index (χ4v) is 2.40. The zero-order valence-electron chi connectivity index (χ0n) is 11.0. The van der Waals surface area contributed by atoms with E-state index in [1.165, 1.54) is 16.9 Å². The second-order valence-electron chi connectivity index (χ2n) is 4.56. The molecule has 1 unspecified atom stereocenters. The number of hydrogen-bond donors (Lipinski definition) is 2. The summed E-state index contributed by atoms with van der Waals surface area (Å²) in [6, 6.07) is 7.63. The second-order valence-corrected chi connectivity index (χ2v) is 5.45. The highest BCUT2D eigenvalue weighted by molar-refractivity contribution is 7.09. The molecule has 2 rings (SSSR count). The third kappa shape index (κ3) is 3.87. The van der Waals surface area contributed by atoms with Crippen LogP contribution in [0.4, 0.5) is 5.69 Å². The van der Waals surface area contributed by atoms with Crippen molar-refractivity contribution in [3.05, 3.63) is 45.9 Å². The van der Waals surface area contributed by atoms with E-state index in [9.17, 15) is 4.79 Å². The smallest absolute Gasteiger partial charge is 0.230 e. The number of thiazole rings is 1. The molecule has 0 aliphatic heterocycles. The zero-order chi connectivity index (χ0) is 13.8. The Bertz CT molecular complexity index is 560. The van der Waals surface area contributed by atoms with E-state index in [1.54, 1.807) is 0 Å². The number of aromatic nitrogens is 1. The van der Waals surface area contributed by atoms with Gasteiger partial charge in [0.2, 0.25) is 5.91 Å². The highest BCUT2D eigenvalue weighted by Gasteiger charge is 2.10. The lowest BCUT2D eigenvalue weighted by Crippen LogP contribution is -2.14. The number of carbonyl (C=O) groups is 1. The van der Waals surface area contributed by atoms with E-state index in [0.29, 0.717) is 0 Å². The summed E-state index contributed by atoms with van der Waals surface area (Å²) >= 11 is 1.49. The number of aryl methyl sites for hydroxylation is 1. The minimum Gasteiger partial charge on any atom is -0.326 e. The van der Waals surface area contributed by atoms with Crippen LogP contribution in [-0.2, 0) is 11.2 Å². The van der Waals surface area contributed by atoms with Crippen LogP contribution in [-0.4, -0.2) is 10.9 Å². The Morgan fingerprint density at radius 2 is 2.11 bits per heavy atom. The summed E-state index contributed by atoms with van der Waals surface area (Å²) in [4.78, 5) is 16.2. The number of amides is 1. The fraction of sp³-hybridized carbons (Fsp3) is 0.286. The first-order chi connectivity index (χ1) is 9.04. The quantitative estimate of drug-likeness (QED) is 0.901. The Hall–Kier alpha value is -1.72. The number of carbonyl (C=O) groups excluding carboxylic acids is 1. The fourth-order valence-electron chi connectivity index (χ4n) is 1.62. The maximum atomic E-state index is 11.9. The molecule has 0 fully saturated rings. The van der Waals surface area contributed by atoms with Gasteiger partial charge >= 0.3 is 0 Å². The van der Waals surface area contributed by atoms with Gasteiger partial charge in [0, 0.05) is 11.1 Å². The lowest BCUT2D eigenvalue weighted by Gasteiger charge is -2.04. The Morgan fingerprint density at radius 3 is 2.68 bits per heavy atom. The molecule has 4 nitrogen and oxygen atoms in total. The largest absolute Gasteiger partial charge is 0.326 e. The molecule has 0 saturated carbocycles. The van der Waals surface area contributed by atoms with Crippen molar-refractivity contribution in [2.45, 2.75) is 26.3 Å². The van der Waals surface area contributed by atoms with Crippen LogP contribution in [0.5, 0.6) is 0 Å². The molecule has 0 radical (unpaired) electrons. The summed E-state index contributed by atoms with van der Waals surface area (Å²) in [7, 11) is 0. The minimum atomic E-state index is -0.0843. The zero-order valence-corrected chi connectivity index (χ0v) is 11.8.